The maximum atomic E-state index is 12.9. The van der Waals surface area contributed by atoms with Gasteiger partial charge in [0.25, 0.3) is 0 Å². The second-order valence-electron chi connectivity index (χ2n) is 6.66. The standard InChI is InChI=1S/C17H19NO4S/c1-10(2)21-16(20)13-12-5-6-17(22-12)9-18(15(19)14(13)17)8-11-4-3-7-23-11/h3-7,10,12-14H,8-9H2,1-2H3/t12-,13+,14+,17+/m1/s1. The van der Waals surface area contributed by atoms with Crippen molar-refractivity contribution in [1.29, 1.82) is 0 Å². The molecule has 2 bridgehead atoms. The Morgan fingerprint density at radius 3 is 3.09 bits per heavy atom. The zero-order chi connectivity index (χ0) is 16.2. The molecule has 6 heteroatoms. The van der Waals surface area contributed by atoms with Crippen LogP contribution in [0, 0.1) is 11.8 Å². The van der Waals surface area contributed by atoms with Gasteiger partial charge >= 0.3 is 5.97 Å². The predicted molar refractivity (Wildman–Crippen MR) is 84.7 cm³/mol. The van der Waals surface area contributed by atoms with Crippen molar-refractivity contribution in [2.24, 2.45) is 11.8 Å². The smallest absolute Gasteiger partial charge is 0.313 e. The summed E-state index contributed by atoms with van der Waals surface area (Å²) in [6, 6.07) is 3.99. The fourth-order valence-electron chi connectivity index (χ4n) is 3.88. The van der Waals surface area contributed by atoms with Crippen LogP contribution in [0.3, 0.4) is 0 Å². The third kappa shape index (κ3) is 2.23. The van der Waals surface area contributed by atoms with E-state index in [4.69, 9.17) is 9.47 Å². The van der Waals surface area contributed by atoms with Gasteiger partial charge in [0.1, 0.15) is 11.5 Å². The first-order valence-electron chi connectivity index (χ1n) is 7.89. The van der Waals surface area contributed by atoms with E-state index in [1.165, 1.54) is 0 Å². The molecule has 1 spiro atoms. The number of thiophene rings is 1. The van der Waals surface area contributed by atoms with E-state index in [1.807, 2.05) is 43.5 Å². The molecule has 0 aliphatic carbocycles. The van der Waals surface area contributed by atoms with E-state index in [0.29, 0.717) is 13.1 Å². The van der Waals surface area contributed by atoms with Crippen LogP contribution in [0.15, 0.2) is 29.7 Å². The van der Waals surface area contributed by atoms with E-state index in [1.54, 1.807) is 16.2 Å². The second-order valence-corrected chi connectivity index (χ2v) is 7.69. The molecule has 23 heavy (non-hydrogen) atoms. The molecule has 0 saturated carbocycles. The lowest BCUT2D eigenvalue weighted by molar-refractivity contribution is -0.157. The second kappa shape index (κ2) is 5.18. The topological polar surface area (TPSA) is 55.8 Å². The van der Waals surface area contributed by atoms with Gasteiger partial charge in [-0.2, -0.15) is 0 Å². The van der Waals surface area contributed by atoms with Crippen molar-refractivity contribution < 1.29 is 19.1 Å². The van der Waals surface area contributed by atoms with Gasteiger partial charge in [-0.25, -0.2) is 0 Å². The molecule has 0 radical (unpaired) electrons. The Morgan fingerprint density at radius 2 is 2.39 bits per heavy atom. The lowest BCUT2D eigenvalue weighted by atomic mass is 9.77. The minimum atomic E-state index is -0.653. The van der Waals surface area contributed by atoms with Crippen LogP contribution in [0.25, 0.3) is 0 Å². The summed E-state index contributed by atoms with van der Waals surface area (Å²) < 4.78 is 11.4. The first kappa shape index (κ1) is 14.9. The summed E-state index contributed by atoms with van der Waals surface area (Å²) in [4.78, 5) is 28.3. The van der Waals surface area contributed by atoms with E-state index in [9.17, 15) is 9.59 Å². The quantitative estimate of drug-likeness (QED) is 0.624. The molecule has 4 rings (SSSR count). The van der Waals surface area contributed by atoms with Gasteiger partial charge in [-0.1, -0.05) is 18.2 Å². The molecule has 2 saturated heterocycles. The molecule has 4 atom stereocenters. The molecule has 0 N–H and O–H groups in total. The molecule has 1 aromatic heterocycles. The number of carbonyl (C=O) groups excluding carboxylic acids is 2. The first-order valence-corrected chi connectivity index (χ1v) is 8.77. The van der Waals surface area contributed by atoms with Gasteiger partial charge in [-0.3, -0.25) is 9.59 Å². The fraction of sp³-hybridized carbons (Fsp3) is 0.529. The maximum absolute atomic E-state index is 12.9. The highest BCUT2D eigenvalue weighted by atomic mass is 32.1. The van der Waals surface area contributed by atoms with E-state index >= 15 is 0 Å². The largest absolute Gasteiger partial charge is 0.463 e. The lowest BCUT2D eigenvalue weighted by Gasteiger charge is -2.23. The Bertz CT molecular complexity index is 668. The molecule has 1 aromatic rings. The van der Waals surface area contributed by atoms with Crippen LogP contribution >= 0.6 is 11.3 Å². The molecule has 3 aliphatic rings. The monoisotopic (exact) mass is 333 g/mol. The predicted octanol–water partition coefficient (Wildman–Crippen LogP) is 1.98. The summed E-state index contributed by atoms with van der Waals surface area (Å²) in [7, 11) is 0. The average molecular weight is 333 g/mol. The van der Waals surface area contributed by atoms with Crippen molar-refractivity contribution in [2.45, 2.75) is 38.2 Å². The van der Waals surface area contributed by atoms with Gasteiger partial charge in [0, 0.05) is 4.88 Å². The number of rotatable bonds is 4. The van der Waals surface area contributed by atoms with Crippen LogP contribution < -0.4 is 0 Å². The summed E-state index contributed by atoms with van der Waals surface area (Å²) in [5.41, 5.74) is -0.653. The van der Waals surface area contributed by atoms with Crippen molar-refractivity contribution in [2.75, 3.05) is 6.54 Å². The van der Waals surface area contributed by atoms with Crippen molar-refractivity contribution in [3.8, 4) is 0 Å². The molecule has 5 nitrogen and oxygen atoms in total. The van der Waals surface area contributed by atoms with Gasteiger partial charge in [0.05, 0.1) is 31.2 Å². The van der Waals surface area contributed by atoms with Crippen LogP contribution in [0.4, 0.5) is 0 Å². The van der Waals surface area contributed by atoms with E-state index in [0.717, 1.165) is 4.88 Å². The average Bonchev–Trinajstić information content (AvgIpc) is 3.21. The molecule has 0 aromatic carbocycles. The van der Waals surface area contributed by atoms with E-state index < -0.39 is 17.4 Å². The SMILES string of the molecule is CC(C)OC(=O)[C@@H]1[C@H]2C(=O)N(Cc3cccs3)C[C@@]23C=C[C@H]1O3. The Hall–Kier alpha value is -1.66. The van der Waals surface area contributed by atoms with Gasteiger partial charge in [0.15, 0.2) is 0 Å². The third-order valence-electron chi connectivity index (χ3n) is 4.73. The normalized spacial score (nSPS) is 34.5. The minimum Gasteiger partial charge on any atom is -0.463 e. The van der Waals surface area contributed by atoms with Crippen LogP contribution in [-0.4, -0.2) is 41.1 Å². The molecule has 0 unspecified atom stereocenters. The van der Waals surface area contributed by atoms with Gasteiger partial charge in [0.2, 0.25) is 5.91 Å². The Labute approximate surface area is 138 Å². The summed E-state index contributed by atoms with van der Waals surface area (Å²) in [5.74, 6) is -1.31. The van der Waals surface area contributed by atoms with Crippen LogP contribution in [0.1, 0.15) is 18.7 Å². The number of hydrogen-bond donors (Lipinski definition) is 0. The van der Waals surface area contributed by atoms with Gasteiger partial charge in [-0.15, -0.1) is 11.3 Å². The summed E-state index contributed by atoms with van der Waals surface area (Å²) in [6.45, 7) is 4.71. The zero-order valence-electron chi connectivity index (χ0n) is 13.1. The molecular weight excluding hydrogens is 314 g/mol. The van der Waals surface area contributed by atoms with E-state index in [2.05, 4.69) is 0 Å². The highest BCUT2D eigenvalue weighted by Gasteiger charge is 2.67. The minimum absolute atomic E-state index is 0.00374. The number of amides is 1. The molecule has 1 amide bonds. The zero-order valence-corrected chi connectivity index (χ0v) is 13.9. The number of likely N-dealkylation sites (tertiary alicyclic amines) is 1. The third-order valence-corrected chi connectivity index (χ3v) is 5.59. The number of ether oxygens (including phenoxy) is 2. The molecule has 4 heterocycles. The van der Waals surface area contributed by atoms with Crippen molar-refractivity contribution in [3.05, 3.63) is 34.5 Å². The van der Waals surface area contributed by atoms with Crippen LogP contribution in [-0.2, 0) is 25.6 Å². The number of esters is 1. The summed E-state index contributed by atoms with van der Waals surface area (Å²) in [6.07, 6.45) is 3.35. The summed E-state index contributed by atoms with van der Waals surface area (Å²) in [5, 5.41) is 2.00. The Morgan fingerprint density at radius 1 is 1.57 bits per heavy atom. The van der Waals surface area contributed by atoms with Crippen molar-refractivity contribution in [3.63, 3.8) is 0 Å². The molecule has 3 aliphatic heterocycles. The maximum Gasteiger partial charge on any atom is 0.313 e. The Balaban J connectivity index is 1.59. The summed E-state index contributed by atoms with van der Waals surface area (Å²) >= 11 is 1.63. The highest BCUT2D eigenvalue weighted by Crippen LogP contribution is 2.52. The molecule has 2 fully saturated rings. The number of fused-ring (bicyclic) bond motifs is 1. The Kier molecular flexibility index (Phi) is 3.35. The van der Waals surface area contributed by atoms with Crippen molar-refractivity contribution in [1.82, 2.24) is 4.90 Å². The lowest BCUT2D eigenvalue weighted by Crippen LogP contribution is -2.40. The number of nitrogens with zero attached hydrogens (tertiary/aromatic N) is 1. The fourth-order valence-corrected chi connectivity index (χ4v) is 4.60. The highest BCUT2D eigenvalue weighted by molar-refractivity contribution is 7.09. The van der Waals surface area contributed by atoms with Gasteiger partial charge < -0.3 is 14.4 Å². The van der Waals surface area contributed by atoms with Crippen LogP contribution in [0.5, 0.6) is 0 Å². The molecular formula is C17H19NO4S. The van der Waals surface area contributed by atoms with Crippen LogP contribution in [0.2, 0.25) is 0 Å². The molecule has 122 valence electrons. The van der Waals surface area contributed by atoms with Crippen molar-refractivity contribution >= 4 is 23.2 Å². The van der Waals surface area contributed by atoms with E-state index in [-0.39, 0.29) is 24.1 Å². The number of carbonyl (C=O) groups is 2. The number of hydrogen-bond acceptors (Lipinski definition) is 5. The first-order chi connectivity index (χ1) is 11.0. The van der Waals surface area contributed by atoms with Gasteiger partial charge in [-0.05, 0) is 25.3 Å².